The Balaban J connectivity index is 2.19. The molecule has 6 nitrogen and oxygen atoms in total. The second-order valence-corrected chi connectivity index (χ2v) is 5.55. The van der Waals surface area contributed by atoms with E-state index in [1.165, 1.54) is 5.38 Å². The molecule has 0 fully saturated rings. The lowest BCUT2D eigenvalue weighted by molar-refractivity contribution is 0.0691. The van der Waals surface area contributed by atoms with Gasteiger partial charge in [0.2, 0.25) is 0 Å². The normalized spacial score (nSPS) is 10.2. The van der Waals surface area contributed by atoms with Gasteiger partial charge in [0.05, 0.1) is 0 Å². The molecule has 110 valence electrons. The number of aryl methyl sites for hydroxylation is 1. The molecule has 0 aliphatic rings. The van der Waals surface area contributed by atoms with Crippen molar-refractivity contribution in [2.45, 2.75) is 6.92 Å². The molecule has 2 aromatic rings. The highest BCUT2D eigenvalue weighted by atomic mass is 32.1. The predicted molar refractivity (Wildman–Crippen MR) is 82.5 cm³/mol. The van der Waals surface area contributed by atoms with Crippen LogP contribution < -0.4 is 10.2 Å². The maximum atomic E-state index is 12.0. The number of nitrogens with zero attached hydrogens (tertiary/aromatic N) is 2. The Hall–Kier alpha value is -2.41. The number of carboxylic acid groups (broad SMARTS) is 1. The molecule has 0 saturated carbocycles. The molecular formula is C14H15N3O3S. The van der Waals surface area contributed by atoms with Crippen LogP contribution in [0.5, 0.6) is 0 Å². The number of carbonyl (C=O) groups excluding carboxylic acids is 1. The molecule has 0 radical (unpaired) electrons. The molecule has 2 rings (SSSR count). The SMILES string of the molecule is Cc1ccc(NC(=O)c2nc(C(=O)O)cs2)cc1N(C)C. The van der Waals surface area contributed by atoms with E-state index in [0.717, 1.165) is 22.6 Å². The van der Waals surface area contributed by atoms with Gasteiger partial charge in [-0.15, -0.1) is 11.3 Å². The topological polar surface area (TPSA) is 82.5 Å². The number of carboxylic acids is 1. The van der Waals surface area contributed by atoms with Gasteiger partial charge in [-0.2, -0.15) is 0 Å². The van der Waals surface area contributed by atoms with Crippen molar-refractivity contribution in [2.24, 2.45) is 0 Å². The summed E-state index contributed by atoms with van der Waals surface area (Å²) in [5.41, 5.74) is 2.61. The number of carbonyl (C=O) groups is 2. The van der Waals surface area contributed by atoms with Crippen LogP contribution in [0, 0.1) is 6.92 Å². The van der Waals surface area contributed by atoms with E-state index in [1.54, 1.807) is 6.07 Å². The van der Waals surface area contributed by atoms with E-state index in [0.29, 0.717) is 5.69 Å². The second kappa shape index (κ2) is 5.92. The minimum absolute atomic E-state index is 0.122. The average molecular weight is 305 g/mol. The molecule has 1 aromatic heterocycles. The molecule has 0 unspecified atom stereocenters. The third-order valence-electron chi connectivity index (χ3n) is 2.87. The van der Waals surface area contributed by atoms with E-state index in [2.05, 4.69) is 10.3 Å². The summed E-state index contributed by atoms with van der Waals surface area (Å²) >= 11 is 1.00. The predicted octanol–water partition coefficient (Wildman–Crippen LogP) is 2.47. The van der Waals surface area contributed by atoms with E-state index in [9.17, 15) is 9.59 Å². The number of amides is 1. The van der Waals surface area contributed by atoms with Gasteiger partial charge in [-0.3, -0.25) is 4.79 Å². The Kier molecular flexibility index (Phi) is 4.23. The van der Waals surface area contributed by atoms with E-state index < -0.39 is 11.9 Å². The summed E-state index contributed by atoms with van der Waals surface area (Å²) in [4.78, 5) is 28.5. The van der Waals surface area contributed by atoms with Gasteiger partial charge < -0.3 is 15.3 Å². The molecule has 0 saturated heterocycles. The highest BCUT2D eigenvalue weighted by Crippen LogP contribution is 2.23. The summed E-state index contributed by atoms with van der Waals surface area (Å²) in [5, 5.41) is 13.0. The van der Waals surface area contributed by atoms with Crippen molar-refractivity contribution in [3.8, 4) is 0 Å². The van der Waals surface area contributed by atoms with Crippen molar-refractivity contribution in [3.63, 3.8) is 0 Å². The fourth-order valence-corrected chi connectivity index (χ4v) is 2.52. The van der Waals surface area contributed by atoms with Crippen molar-refractivity contribution in [3.05, 3.63) is 39.8 Å². The average Bonchev–Trinajstić information content (AvgIpc) is 2.90. The van der Waals surface area contributed by atoms with Crippen LogP contribution in [0.3, 0.4) is 0 Å². The monoisotopic (exact) mass is 305 g/mol. The number of rotatable bonds is 4. The first-order chi connectivity index (χ1) is 9.88. The van der Waals surface area contributed by atoms with Gasteiger partial charge in [-0.1, -0.05) is 6.07 Å². The number of benzene rings is 1. The van der Waals surface area contributed by atoms with E-state index in [1.807, 2.05) is 38.1 Å². The van der Waals surface area contributed by atoms with Crippen LogP contribution in [0.4, 0.5) is 11.4 Å². The molecule has 1 aromatic carbocycles. The molecule has 0 aliphatic heterocycles. The summed E-state index contributed by atoms with van der Waals surface area (Å²) < 4.78 is 0. The number of hydrogen-bond donors (Lipinski definition) is 2. The first kappa shape index (κ1) is 15.0. The molecule has 2 N–H and O–H groups in total. The van der Waals surface area contributed by atoms with Crippen molar-refractivity contribution in [2.75, 3.05) is 24.3 Å². The minimum atomic E-state index is -1.14. The van der Waals surface area contributed by atoms with Gasteiger partial charge in [-0.25, -0.2) is 9.78 Å². The Morgan fingerprint density at radius 3 is 2.62 bits per heavy atom. The maximum absolute atomic E-state index is 12.0. The molecular weight excluding hydrogens is 290 g/mol. The zero-order valence-electron chi connectivity index (χ0n) is 11.9. The Morgan fingerprint density at radius 2 is 2.05 bits per heavy atom. The minimum Gasteiger partial charge on any atom is -0.476 e. The van der Waals surface area contributed by atoms with Crippen LogP contribution in [0.15, 0.2) is 23.6 Å². The Labute approximate surface area is 126 Å². The lowest BCUT2D eigenvalue weighted by Crippen LogP contribution is -2.14. The summed E-state index contributed by atoms with van der Waals surface area (Å²) in [5.74, 6) is -1.56. The smallest absolute Gasteiger partial charge is 0.355 e. The number of thiazole rings is 1. The first-order valence-corrected chi connectivity index (χ1v) is 7.04. The zero-order valence-corrected chi connectivity index (χ0v) is 12.7. The van der Waals surface area contributed by atoms with Crippen LogP contribution >= 0.6 is 11.3 Å². The van der Waals surface area contributed by atoms with E-state index in [4.69, 9.17) is 5.11 Å². The van der Waals surface area contributed by atoms with Crippen LogP contribution in [0.1, 0.15) is 25.9 Å². The molecule has 0 atom stereocenters. The van der Waals surface area contributed by atoms with Gasteiger partial charge in [-0.05, 0) is 24.6 Å². The van der Waals surface area contributed by atoms with Crippen molar-refractivity contribution in [1.29, 1.82) is 0 Å². The van der Waals surface area contributed by atoms with E-state index in [-0.39, 0.29) is 10.7 Å². The molecule has 0 spiro atoms. The van der Waals surface area contributed by atoms with Crippen LogP contribution in [0.2, 0.25) is 0 Å². The van der Waals surface area contributed by atoms with Gasteiger partial charge in [0.15, 0.2) is 10.7 Å². The fraction of sp³-hybridized carbons (Fsp3) is 0.214. The number of nitrogens with one attached hydrogen (secondary N) is 1. The van der Waals surface area contributed by atoms with Crippen molar-refractivity contribution >= 4 is 34.6 Å². The number of hydrogen-bond acceptors (Lipinski definition) is 5. The number of aromatic carboxylic acids is 1. The molecule has 0 aliphatic carbocycles. The third kappa shape index (κ3) is 3.38. The van der Waals surface area contributed by atoms with Crippen LogP contribution in [-0.4, -0.2) is 36.1 Å². The highest BCUT2D eigenvalue weighted by Gasteiger charge is 2.15. The molecule has 0 bridgehead atoms. The zero-order chi connectivity index (χ0) is 15.6. The molecule has 1 amide bonds. The highest BCUT2D eigenvalue weighted by molar-refractivity contribution is 7.12. The fourth-order valence-electron chi connectivity index (χ4n) is 1.83. The van der Waals surface area contributed by atoms with Gasteiger partial charge in [0, 0.05) is 30.9 Å². The van der Waals surface area contributed by atoms with Gasteiger partial charge >= 0.3 is 5.97 Å². The lowest BCUT2D eigenvalue weighted by Gasteiger charge is -2.17. The number of anilines is 2. The molecule has 1 heterocycles. The summed E-state index contributed by atoms with van der Waals surface area (Å²) in [6, 6.07) is 5.57. The summed E-state index contributed by atoms with van der Waals surface area (Å²) in [6.45, 7) is 1.99. The lowest BCUT2D eigenvalue weighted by atomic mass is 10.1. The maximum Gasteiger partial charge on any atom is 0.355 e. The van der Waals surface area contributed by atoms with Crippen molar-refractivity contribution in [1.82, 2.24) is 4.98 Å². The first-order valence-electron chi connectivity index (χ1n) is 6.16. The largest absolute Gasteiger partial charge is 0.476 e. The molecule has 21 heavy (non-hydrogen) atoms. The Bertz CT molecular complexity index is 695. The second-order valence-electron chi connectivity index (χ2n) is 4.69. The third-order valence-corrected chi connectivity index (χ3v) is 3.71. The quantitative estimate of drug-likeness (QED) is 0.906. The van der Waals surface area contributed by atoms with Crippen molar-refractivity contribution < 1.29 is 14.7 Å². The summed E-state index contributed by atoms with van der Waals surface area (Å²) in [7, 11) is 3.85. The summed E-state index contributed by atoms with van der Waals surface area (Å²) in [6.07, 6.45) is 0. The number of aromatic nitrogens is 1. The molecule has 7 heteroatoms. The van der Waals surface area contributed by atoms with Crippen LogP contribution in [-0.2, 0) is 0 Å². The van der Waals surface area contributed by atoms with Crippen LogP contribution in [0.25, 0.3) is 0 Å². The van der Waals surface area contributed by atoms with Gasteiger partial charge in [0.1, 0.15) is 0 Å². The standard InChI is InChI=1S/C14H15N3O3S/c1-8-4-5-9(6-11(8)17(2)3)15-12(18)13-16-10(7-21-13)14(19)20/h4-7H,1-3H3,(H,15,18)(H,19,20). The van der Waals surface area contributed by atoms with Gasteiger partial charge in [0.25, 0.3) is 5.91 Å². The Morgan fingerprint density at radius 1 is 1.33 bits per heavy atom. The van der Waals surface area contributed by atoms with E-state index >= 15 is 0 Å².